The summed E-state index contributed by atoms with van der Waals surface area (Å²) in [5, 5.41) is 26.0. The standard InChI is InChI=1S/C23H24FN7O/c1-23(32)9-7-18(8-10-23)29-20-16(11-25)12-27-22(31-20)28-14-17-13-26-21(24)30-19(17)15-5-3-2-4-6-15/h2-6,12-13,18,32H,7-10,14H2,1H3,(H2,27,28,29,31). The molecule has 2 heterocycles. The lowest BCUT2D eigenvalue weighted by molar-refractivity contribution is 0.0196. The van der Waals surface area contributed by atoms with E-state index >= 15 is 0 Å². The van der Waals surface area contributed by atoms with Crippen molar-refractivity contribution in [2.75, 3.05) is 10.6 Å². The molecule has 1 saturated carbocycles. The number of nitriles is 1. The molecule has 8 nitrogen and oxygen atoms in total. The molecule has 32 heavy (non-hydrogen) atoms. The summed E-state index contributed by atoms with van der Waals surface area (Å²) >= 11 is 0. The van der Waals surface area contributed by atoms with Crippen molar-refractivity contribution in [2.45, 2.75) is 50.8 Å². The van der Waals surface area contributed by atoms with Gasteiger partial charge in [0, 0.05) is 29.9 Å². The minimum atomic E-state index is -0.792. The van der Waals surface area contributed by atoms with E-state index in [0.717, 1.165) is 18.4 Å². The fraction of sp³-hybridized carbons (Fsp3) is 0.348. The summed E-state index contributed by atoms with van der Waals surface area (Å²) in [5.41, 5.74) is 1.67. The van der Waals surface area contributed by atoms with Crippen LogP contribution in [-0.4, -0.2) is 36.7 Å². The quantitative estimate of drug-likeness (QED) is 0.504. The minimum Gasteiger partial charge on any atom is -0.390 e. The second-order valence-corrected chi connectivity index (χ2v) is 8.22. The van der Waals surface area contributed by atoms with Crippen molar-refractivity contribution < 1.29 is 9.50 Å². The van der Waals surface area contributed by atoms with Gasteiger partial charge >= 0.3 is 6.08 Å². The first kappa shape index (κ1) is 21.6. The normalized spacial score (nSPS) is 20.4. The maximum atomic E-state index is 13.7. The van der Waals surface area contributed by atoms with Crippen LogP contribution in [-0.2, 0) is 6.54 Å². The molecule has 1 aromatic carbocycles. The van der Waals surface area contributed by atoms with Crippen molar-refractivity contribution in [3.05, 3.63) is 59.9 Å². The molecule has 3 aromatic rings. The fourth-order valence-electron chi connectivity index (χ4n) is 3.77. The molecule has 0 unspecified atom stereocenters. The fourth-order valence-corrected chi connectivity index (χ4v) is 3.77. The van der Waals surface area contributed by atoms with E-state index in [4.69, 9.17) is 0 Å². The van der Waals surface area contributed by atoms with Gasteiger partial charge < -0.3 is 15.7 Å². The number of hydrogen-bond donors (Lipinski definition) is 3. The van der Waals surface area contributed by atoms with E-state index in [1.807, 2.05) is 37.3 Å². The zero-order valence-corrected chi connectivity index (χ0v) is 17.7. The summed E-state index contributed by atoms with van der Waals surface area (Å²) in [6.07, 6.45) is 5.07. The van der Waals surface area contributed by atoms with Crippen molar-refractivity contribution in [3.63, 3.8) is 0 Å². The molecule has 1 aliphatic rings. The van der Waals surface area contributed by atoms with Crippen LogP contribution in [0.4, 0.5) is 16.2 Å². The zero-order valence-electron chi connectivity index (χ0n) is 17.7. The van der Waals surface area contributed by atoms with Crippen molar-refractivity contribution in [1.82, 2.24) is 19.9 Å². The van der Waals surface area contributed by atoms with Gasteiger partial charge in [0.05, 0.1) is 17.5 Å². The van der Waals surface area contributed by atoms with Crippen LogP contribution in [0.5, 0.6) is 0 Å². The molecule has 0 saturated heterocycles. The largest absolute Gasteiger partial charge is 0.390 e. The highest BCUT2D eigenvalue weighted by molar-refractivity contribution is 5.63. The lowest BCUT2D eigenvalue weighted by Gasteiger charge is -2.33. The smallest absolute Gasteiger partial charge is 0.309 e. The molecule has 3 N–H and O–H groups in total. The Morgan fingerprint density at radius 2 is 1.91 bits per heavy atom. The Morgan fingerprint density at radius 1 is 1.16 bits per heavy atom. The summed E-state index contributed by atoms with van der Waals surface area (Å²) in [5.74, 6) is 0.785. The van der Waals surface area contributed by atoms with Crippen molar-refractivity contribution in [3.8, 4) is 17.3 Å². The average molecular weight is 433 g/mol. The third-order valence-electron chi connectivity index (χ3n) is 5.63. The molecule has 9 heteroatoms. The third kappa shape index (κ3) is 5.15. The minimum absolute atomic E-state index is 0.125. The number of halogens is 1. The second-order valence-electron chi connectivity index (χ2n) is 8.22. The van der Waals surface area contributed by atoms with Crippen molar-refractivity contribution >= 4 is 11.8 Å². The highest BCUT2D eigenvalue weighted by Gasteiger charge is 2.29. The molecule has 2 aromatic heterocycles. The summed E-state index contributed by atoms with van der Waals surface area (Å²) in [6, 6.07) is 11.5. The Kier molecular flexibility index (Phi) is 6.23. The summed E-state index contributed by atoms with van der Waals surface area (Å²) in [4.78, 5) is 16.3. The number of anilines is 2. The van der Waals surface area contributed by atoms with Crippen molar-refractivity contribution in [2.24, 2.45) is 0 Å². The van der Waals surface area contributed by atoms with Gasteiger partial charge in [-0.15, -0.1) is 0 Å². The maximum absolute atomic E-state index is 13.7. The van der Waals surface area contributed by atoms with Crippen LogP contribution in [0.3, 0.4) is 0 Å². The molecule has 0 bridgehead atoms. The van der Waals surface area contributed by atoms with Gasteiger partial charge in [0.15, 0.2) is 0 Å². The van der Waals surface area contributed by atoms with Crippen LogP contribution in [0.2, 0.25) is 0 Å². The lowest BCUT2D eigenvalue weighted by atomic mass is 9.83. The van der Waals surface area contributed by atoms with Gasteiger partial charge in [-0.3, -0.25) is 0 Å². The summed E-state index contributed by atoms with van der Waals surface area (Å²) in [7, 11) is 0. The van der Waals surface area contributed by atoms with Crippen LogP contribution < -0.4 is 10.6 Å². The highest BCUT2D eigenvalue weighted by atomic mass is 19.1. The SMILES string of the molecule is CC1(O)CCC(Nc2nc(NCc3cnc(F)nc3-c3ccccc3)ncc2C#N)CC1. The number of aliphatic hydroxyl groups is 1. The molecule has 1 fully saturated rings. The van der Waals surface area contributed by atoms with Crippen LogP contribution in [0.1, 0.15) is 43.7 Å². The van der Waals surface area contributed by atoms with E-state index < -0.39 is 11.7 Å². The van der Waals surface area contributed by atoms with E-state index in [1.165, 1.54) is 12.4 Å². The molecule has 0 radical (unpaired) electrons. The third-order valence-corrected chi connectivity index (χ3v) is 5.63. The molecule has 0 aliphatic heterocycles. The van der Waals surface area contributed by atoms with E-state index in [9.17, 15) is 14.8 Å². The van der Waals surface area contributed by atoms with Gasteiger partial charge in [-0.05, 0) is 32.6 Å². The first-order valence-electron chi connectivity index (χ1n) is 10.5. The number of hydrogen-bond acceptors (Lipinski definition) is 8. The van der Waals surface area contributed by atoms with Gasteiger partial charge in [0.2, 0.25) is 5.95 Å². The van der Waals surface area contributed by atoms with Gasteiger partial charge in [-0.25, -0.2) is 15.0 Å². The molecule has 0 amide bonds. The first-order valence-corrected chi connectivity index (χ1v) is 10.5. The molecule has 0 spiro atoms. The Bertz CT molecular complexity index is 1120. The maximum Gasteiger partial charge on any atom is 0.309 e. The number of nitrogens with one attached hydrogen (secondary N) is 2. The Balaban J connectivity index is 1.50. The van der Waals surface area contributed by atoms with Crippen LogP contribution in [0.15, 0.2) is 42.7 Å². The Morgan fingerprint density at radius 3 is 2.62 bits per heavy atom. The lowest BCUT2D eigenvalue weighted by Crippen LogP contribution is -2.36. The number of rotatable bonds is 6. The first-order chi connectivity index (χ1) is 15.4. The monoisotopic (exact) mass is 433 g/mol. The molecule has 4 rings (SSSR count). The second kappa shape index (κ2) is 9.24. The molecular weight excluding hydrogens is 409 g/mol. The van der Waals surface area contributed by atoms with Crippen LogP contribution in [0, 0.1) is 17.4 Å². The summed E-state index contributed by atoms with van der Waals surface area (Å²) in [6.45, 7) is 2.13. The van der Waals surface area contributed by atoms with Crippen molar-refractivity contribution in [1.29, 1.82) is 5.26 Å². The number of nitrogens with zero attached hydrogens (tertiary/aromatic N) is 5. The van der Waals surface area contributed by atoms with Gasteiger partial charge in [0.25, 0.3) is 0 Å². The van der Waals surface area contributed by atoms with Gasteiger partial charge in [0.1, 0.15) is 17.5 Å². The molecule has 1 aliphatic carbocycles. The Hall–Kier alpha value is -3.64. The number of aromatic nitrogens is 4. The highest BCUT2D eigenvalue weighted by Crippen LogP contribution is 2.30. The number of benzene rings is 1. The molecular formula is C23H24FN7O. The Labute approximate surface area is 185 Å². The van der Waals surface area contributed by atoms with Gasteiger partial charge in [-0.2, -0.15) is 14.6 Å². The predicted molar refractivity (Wildman–Crippen MR) is 118 cm³/mol. The average Bonchev–Trinajstić information content (AvgIpc) is 2.80. The molecule has 164 valence electrons. The topological polar surface area (TPSA) is 120 Å². The predicted octanol–water partition coefficient (Wildman–Crippen LogP) is 3.66. The molecule has 0 atom stereocenters. The zero-order chi connectivity index (χ0) is 22.6. The van der Waals surface area contributed by atoms with E-state index in [-0.39, 0.29) is 12.6 Å². The van der Waals surface area contributed by atoms with Gasteiger partial charge in [-0.1, -0.05) is 30.3 Å². The van der Waals surface area contributed by atoms with E-state index in [0.29, 0.717) is 41.4 Å². The summed E-state index contributed by atoms with van der Waals surface area (Å²) < 4.78 is 13.7. The van der Waals surface area contributed by atoms with Crippen LogP contribution in [0.25, 0.3) is 11.3 Å². The van der Waals surface area contributed by atoms with E-state index in [1.54, 1.807) is 0 Å². The van der Waals surface area contributed by atoms with E-state index in [2.05, 4.69) is 36.6 Å². The van der Waals surface area contributed by atoms with Crippen LogP contribution >= 0.6 is 0 Å².